The topological polar surface area (TPSA) is 26.3 Å². The Labute approximate surface area is 86.4 Å². The van der Waals surface area contributed by atoms with Gasteiger partial charge in [-0.3, -0.25) is 4.79 Å². The maximum Gasteiger partial charge on any atom is 0.387 e. The van der Waals surface area contributed by atoms with Crippen LogP contribution in [0.2, 0.25) is 0 Å². The summed E-state index contributed by atoms with van der Waals surface area (Å²) in [4.78, 5) is 10.5. The Balaban J connectivity index is 3.15. The highest BCUT2D eigenvalue weighted by molar-refractivity contribution is 6.67. The maximum atomic E-state index is 12.9. The molecule has 1 aromatic carbocycles. The van der Waals surface area contributed by atoms with Crippen LogP contribution in [0.25, 0.3) is 0 Å². The minimum Gasteiger partial charge on any atom is -0.429 e. The molecule has 0 fully saturated rings. The summed E-state index contributed by atoms with van der Waals surface area (Å²) in [5, 5.41) is -1.10. The minimum atomic E-state index is -3.36. The van der Waals surface area contributed by atoms with Crippen LogP contribution in [-0.4, -0.2) is 11.9 Å². The van der Waals surface area contributed by atoms with Crippen LogP contribution >= 0.6 is 11.6 Å². The SMILES string of the molecule is O=C(Cl)c1cc(F)c(OC(F)F)c(F)c1. The van der Waals surface area contributed by atoms with Crippen molar-refractivity contribution >= 4 is 16.8 Å². The zero-order valence-corrected chi connectivity index (χ0v) is 7.69. The van der Waals surface area contributed by atoms with Gasteiger partial charge in [-0.2, -0.15) is 8.78 Å². The number of hydrogen-bond donors (Lipinski definition) is 0. The van der Waals surface area contributed by atoms with Gasteiger partial charge in [-0.15, -0.1) is 0 Å². The lowest BCUT2D eigenvalue weighted by atomic mass is 10.2. The Kier molecular flexibility index (Phi) is 3.52. The van der Waals surface area contributed by atoms with Crippen LogP contribution in [0.3, 0.4) is 0 Å². The number of halogens is 5. The zero-order valence-electron chi connectivity index (χ0n) is 6.94. The lowest BCUT2D eigenvalue weighted by Crippen LogP contribution is -2.06. The van der Waals surface area contributed by atoms with E-state index >= 15 is 0 Å². The molecule has 15 heavy (non-hydrogen) atoms. The standard InChI is InChI=1S/C8H3ClF4O2/c9-7(14)3-1-4(10)6(5(11)2-3)15-8(12)13/h1-2,8H. The zero-order chi connectivity index (χ0) is 11.6. The molecule has 0 saturated carbocycles. The number of benzene rings is 1. The average Bonchev–Trinajstić information content (AvgIpc) is 2.10. The number of carbonyl (C=O) groups is 1. The largest absolute Gasteiger partial charge is 0.429 e. The first kappa shape index (κ1) is 11.8. The van der Waals surface area contributed by atoms with Crippen LogP contribution in [0.15, 0.2) is 12.1 Å². The van der Waals surface area contributed by atoms with E-state index in [9.17, 15) is 22.4 Å². The van der Waals surface area contributed by atoms with Crippen LogP contribution in [0.1, 0.15) is 10.4 Å². The van der Waals surface area contributed by atoms with Crippen molar-refractivity contribution in [1.29, 1.82) is 0 Å². The van der Waals surface area contributed by atoms with Gasteiger partial charge in [-0.25, -0.2) is 8.78 Å². The maximum absolute atomic E-state index is 12.9. The minimum absolute atomic E-state index is 0.478. The molecule has 0 unspecified atom stereocenters. The van der Waals surface area contributed by atoms with Crippen molar-refractivity contribution in [1.82, 2.24) is 0 Å². The molecule has 0 bridgehead atoms. The Bertz CT molecular complexity index is 371. The summed E-state index contributed by atoms with van der Waals surface area (Å²) in [7, 11) is 0. The van der Waals surface area contributed by atoms with Crippen molar-refractivity contribution in [3.63, 3.8) is 0 Å². The van der Waals surface area contributed by atoms with E-state index < -0.39 is 34.8 Å². The molecule has 0 N–H and O–H groups in total. The van der Waals surface area contributed by atoms with Crippen LogP contribution in [0.5, 0.6) is 5.75 Å². The number of carbonyl (C=O) groups excluding carboxylic acids is 1. The van der Waals surface area contributed by atoms with Crippen molar-refractivity contribution in [2.24, 2.45) is 0 Å². The van der Waals surface area contributed by atoms with Gasteiger partial charge in [0, 0.05) is 5.56 Å². The van der Waals surface area contributed by atoms with Crippen LogP contribution in [-0.2, 0) is 0 Å². The highest BCUT2D eigenvalue weighted by Crippen LogP contribution is 2.25. The monoisotopic (exact) mass is 242 g/mol. The van der Waals surface area contributed by atoms with E-state index in [-0.39, 0.29) is 0 Å². The molecule has 0 atom stereocenters. The Morgan fingerprint density at radius 3 is 2.07 bits per heavy atom. The van der Waals surface area contributed by atoms with Crippen LogP contribution in [0, 0.1) is 11.6 Å². The molecule has 0 heterocycles. The van der Waals surface area contributed by atoms with E-state index in [0.29, 0.717) is 12.1 Å². The van der Waals surface area contributed by atoms with Gasteiger partial charge in [0.25, 0.3) is 5.24 Å². The number of hydrogen-bond acceptors (Lipinski definition) is 2. The fourth-order valence-corrected chi connectivity index (χ4v) is 0.984. The third-order valence-corrected chi connectivity index (χ3v) is 1.65. The Morgan fingerprint density at radius 2 is 1.73 bits per heavy atom. The Morgan fingerprint density at radius 1 is 1.27 bits per heavy atom. The van der Waals surface area contributed by atoms with Gasteiger partial charge < -0.3 is 4.74 Å². The van der Waals surface area contributed by atoms with E-state index in [1.807, 2.05) is 0 Å². The third kappa shape index (κ3) is 2.82. The molecule has 0 radical (unpaired) electrons. The van der Waals surface area contributed by atoms with E-state index in [2.05, 4.69) is 4.74 Å². The van der Waals surface area contributed by atoms with Gasteiger partial charge in [-0.1, -0.05) is 0 Å². The van der Waals surface area contributed by atoms with Crippen molar-refractivity contribution in [2.45, 2.75) is 6.61 Å². The van der Waals surface area contributed by atoms with Crippen molar-refractivity contribution in [3.8, 4) is 5.75 Å². The number of rotatable bonds is 3. The van der Waals surface area contributed by atoms with Gasteiger partial charge in [0.2, 0.25) is 0 Å². The van der Waals surface area contributed by atoms with E-state index in [1.165, 1.54) is 0 Å². The summed E-state index contributed by atoms with van der Waals surface area (Å²) < 4.78 is 52.8. The molecule has 1 rings (SSSR count). The van der Waals surface area contributed by atoms with Crippen molar-refractivity contribution < 1.29 is 27.1 Å². The average molecular weight is 243 g/mol. The van der Waals surface area contributed by atoms with Crippen molar-refractivity contribution in [3.05, 3.63) is 29.3 Å². The molecule has 0 aliphatic carbocycles. The summed E-state index contributed by atoms with van der Waals surface area (Å²) in [6.07, 6.45) is 0. The highest BCUT2D eigenvalue weighted by atomic mass is 35.5. The molecule has 2 nitrogen and oxygen atoms in total. The summed E-state index contributed by atoms with van der Waals surface area (Å²) in [5.74, 6) is -4.08. The first-order chi connectivity index (χ1) is 6.91. The van der Waals surface area contributed by atoms with Gasteiger partial charge in [-0.05, 0) is 23.7 Å². The summed E-state index contributed by atoms with van der Waals surface area (Å²) in [5.41, 5.74) is -0.478. The number of ether oxygens (including phenoxy) is 1. The predicted octanol–water partition coefficient (Wildman–Crippen LogP) is 2.95. The van der Waals surface area contributed by atoms with Gasteiger partial charge in [0.05, 0.1) is 0 Å². The van der Waals surface area contributed by atoms with Gasteiger partial charge in [0.15, 0.2) is 17.4 Å². The van der Waals surface area contributed by atoms with E-state index in [4.69, 9.17) is 11.6 Å². The molecule has 0 amide bonds. The van der Waals surface area contributed by atoms with Crippen molar-refractivity contribution in [2.75, 3.05) is 0 Å². The molecule has 0 saturated heterocycles. The normalized spacial score (nSPS) is 10.5. The summed E-state index contributed by atoms with van der Waals surface area (Å²) in [6, 6.07) is 1.02. The second-order valence-corrected chi connectivity index (χ2v) is 2.76. The highest BCUT2D eigenvalue weighted by Gasteiger charge is 2.18. The first-order valence-electron chi connectivity index (χ1n) is 3.55. The van der Waals surface area contributed by atoms with Gasteiger partial charge in [0.1, 0.15) is 0 Å². The molecule has 0 spiro atoms. The molecule has 1 aromatic rings. The van der Waals surface area contributed by atoms with Crippen LogP contribution < -0.4 is 4.74 Å². The molecule has 7 heteroatoms. The lowest BCUT2D eigenvalue weighted by Gasteiger charge is -2.07. The predicted molar refractivity (Wildman–Crippen MR) is 43.2 cm³/mol. The smallest absolute Gasteiger partial charge is 0.387 e. The number of alkyl halides is 2. The first-order valence-corrected chi connectivity index (χ1v) is 3.93. The van der Waals surface area contributed by atoms with Gasteiger partial charge >= 0.3 is 6.61 Å². The molecule has 0 aliphatic heterocycles. The summed E-state index contributed by atoms with van der Waals surface area (Å²) >= 11 is 4.94. The quantitative estimate of drug-likeness (QED) is 0.602. The second-order valence-electron chi connectivity index (χ2n) is 2.42. The van der Waals surface area contributed by atoms with E-state index in [0.717, 1.165) is 0 Å². The fraction of sp³-hybridized carbons (Fsp3) is 0.125. The fourth-order valence-electron chi connectivity index (χ4n) is 0.875. The molecular formula is C8H3ClF4O2. The third-order valence-electron chi connectivity index (χ3n) is 1.43. The lowest BCUT2D eigenvalue weighted by molar-refractivity contribution is -0.0546. The molecule has 82 valence electrons. The van der Waals surface area contributed by atoms with Crippen LogP contribution in [0.4, 0.5) is 17.6 Å². The second kappa shape index (κ2) is 4.48. The molecular weight excluding hydrogens is 240 g/mol. The molecule has 0 aliphatic rings. The Hall–Kier alpha value is -1.30. The molecule has 0 aromatic heterocycles. The van der Waals surface area contributed by atoms with E-state index in [1.54, 1.807) is 0 Å². The summed E-state index contributed by atoms with van der Waals surface area (Å²) in [6.45, 7) is -3.36.